The molecule has 1 aromatic heterocycles. The fraction of sp³-hybridized carbons (Fsp3) is 0.444. The van der Waals surface area contributed by atoms with Crippen molar-refractivity contribution in [2.45, 2.75) is 12.5 Å². The van der Waals surface area contributed by atoms with E-state index in [9.17, 15) is 4.79 Å². The quantitative estimate of drug-likeness (QED) is 0.751. The number of nitrogens with zero attached hydrogens (tertiary/aromatic N) is 2. The summed E-state index contributed by atoms with van der Waals surface area (Å²) < 4.78 is 5.21. The van der Waals surface area contributed by atoms with Crippen LogP contribution in [0, 0.1) is 0 Å². The highest BCUT2D eigenvalue weighted by Crippen LogP contribution is 2.17. The van der Waals surface area contributed by atoms with Crippen LogP contribution in [0.25, 0.3) is 0 Å². The molecule has 1 amide bonds. The fourth-order valence-electron chi connectivity index (χ4n) is 1.52. The van der Waals surface area contributed by atoms with Crippen molar-refractivity contribution in [3.05, 3.63) is 17.2 Å². The van der Waals surface area contributed by atoms with Gasteiger partial charge in [0.2, 0.25) is 5.28 Å². The lowest BCUT2D eigenvalue weighted by Gasteiger charge is -2.13. The van der Waals surface area contributed by atoms with Crippen LogP contribution in [0.4, 0.5) is 5.69 Å². The van der Waals surface area contributed by atoms with Crippen molar-refractivity contribution >= 4 is 23.2 Å². The van der Waals surface area contributed by atoms with Gasteiger partial charge in [-0.1, -0.05) is 0 Å². The summed E-state index contributed by atoms with van der Waals surface area (Å²) >= 11 is 5.60. The molecule has 0 unspecified atom stereocenters. The summed E-state index contributed by atoms with van der Waals surface area (Å²) in [7, 11) is 0. The highest BCUT2D eigenvalue weighted by molar-refractivity contribution is 6.28. The number of carbonyl (C=O) groups is 1. The maximum absolute atomic E-state index is 11.1. The third-order valence-corrected chi connectivity index (χ3v) is 2.46. The van der Waals surface area contributed by atoms with E-state index in [4.69, 9.17) is 22.1 Å². The zero-order chi connectivity index (χ0) is 11.5. The van der Waals surface area contributed by atoms with Crippen LogP contribution in [0.5, 0.6) is 0 Å². The summed E-state index contributed by atoms with van der Waals surface area (Å²) in [6, 6.07) is 0.155. The molecule has 2 rings (SSSR count). The lowest BCUT2D eigenvalue weighted by atomic mass is 10.2. The van der Waals surface area contributed by atoms with Crippen molar-refractivity contribution in [1.82, 2.24) is 9.97 Å². The number of aromatic nitrogens is 2. The van der Waals surface area contributed by atoms with Crippen LogP contribution >= 0.6 is 11.6 Å². The molecular formula is C9H11ClN4O2. The Kier molecular flexibility index (Phi) is 3.21. The molecule has 7 heteroatoms. The number of hydrogen-bond acceptors (Lipinski definition) is 5. The van der Waals surface area contributed by atoms with Gasteiger partial charge in [0, 0.05) is 6.61 Å². The summed E-state index contributed by atoms with van der Waals surface area (Å²) in [5.74, 6) is -0.634. The molecule has 2 heterocycles. The molecule has 6 nitrogen and oxygen atoms in total. The number of rotatable bonds is 3. The lowest BCUT2D eigenvalue weighted by molar-refractivity contribution is 0.0996. The van der Waals surface area contributed by atoms with Crippen LogP contribution in [0.1, 0.15) is 16.9 Å². The van der Waals surface area contributed by atoms with Gasteiger partial charge >= 0.3 is 0 Å². The number of nitrogens with one attached hydrogen (secondary N) is 1. The smallest absolute Gasteiger partial charge is 0.269 e. The van der Waals surface area contributed by atoms with E-state index in [1.807, 2.05) is 0 Å². The van der Waals surface area contributed by atoms with E-state index in [-0.39, 0.29) is 17.0 Å². The molecule has 1 aromatic rings. The largest absolute Gasteiger partial charge is 0.379 e. The van der Waals surface area contributed by atoms with Crippen LogP contribution in [0.2, 0.25) is 5.28 Å². The Bertz CT molecular complexity index is 406. The minimum atomic E-state index is -0.634. The zero-order valence-electron chi connectivity index (χ0n) is 8.44. The molecule has 1 aliphatic heterocycles. The SMILES string of the molecule is NC(=O)c1nc(Cl)ncc1N[C@H]1CCOC1. The second kappa shape index (κ2) is 4.63. The van der Waals surface area contributed by atoms with Gasteiger partial charge in [0.05, 0.1) is 24.5 Å². The van der Waals surface area contributed by atoms with Crippen LogP contribution < -0.4 is 11.1 Å². The first-order valence-electron chi connectivity index (χ1n) is 4.83. The Hall–Kier alpha value is -1.40. The summed E-state index contributed by atoms with van der Waals surface area (Å²) in [5.41, 5.74) is 5.80. The second-order valence-corrected chi connectivity index (χ2v) is 3.81. The lowest BCUT2D eigenvalue weighted by Crippen LogP contribution is -2.23. The first-order chi connectivity index (χ1) is 7.66. The molecule has 3 N–H and O–H groups in total. The molecule has 86 valence electrons. The summed E-state index contributed by atoms with van der Waals surface area (Å²) in [6.07, 6.45) is 2.33. The number of halogens is 1. The monoisotopic (exact) mass is 242 g/mol. The Morgan fingerprint density at radius 3 is 3.12 bits per heavy atom. The molecule has 0 aliphatic carbocycles. The van der Waals surface area contributed by atoms with Crippen molar-refractivity contribution in [3.8, 4) is 0 Å². The Morgan fingerprint density at radius 2 is 2.50 bits per heavy atom. The molecule has 0 radical (unpaired) electrons. The molecule has 0 aromatic carbocycles. The van der Waals surface area contributed by atoms with Gasteiger partial charge in [0.1, 0.15) is 0 Å². The topological polar surface area (TPSA) is 90.1 Å². The molecule has 1 aliphatic rings. The number of ether oxygens (including phenoxy) is 1. The number of nitrogens with two attached hydrogens (primary N) is 1. The van der Waals surface area contributed by atoms with E-state index in [0.717, 1.165) is 6.42 Å². The minimum Gasteiger partial charge on any atom is -0.379 e. The molecule has 1 atom stereocenters. The van der Waals surface area contributed by atoms with Gasteiger partial charge in [-0.15, -0.1) is 0 Å². The maximum atomic E-state index is 11.1. The number of hydrogen-bond donors (Lipinski definition) is 2. The number of carbonyl (C=O) groups excluding carboxylic acids is 1. The van der Waals surface area contributed by atoms with E-state index >= 15 is 0 Å². The van der Waals surface area contributed by atoms with Crippen LogP contribution in [-0.4, -0.2) is 35.1 Å². The standard InChI is InChI=1S/C9H11ClN4O2/c10-9-12-3-6(7(14-9)8(11)15)13-5-1-2-16-4-5/h3,5,13H,1-2,4H2,(H2,11,15)/t5-/m0/s1. The van der Waals surface area contributed by atoms with E-state index in [1.54, 1.807) is 0 Å². The molecular weight excluding hydrogens is 232 g/mol. The zero-order valence-corrected chi connectivity index (χ0v) is 9.20. The van der Waals surface area contributed by atoms with E-state index in [2.05, 4.69) is 15.3 Å². The number of anilines is 1. The first kappa shape index (κ1) is 11.1. The van der Waals surface area contributed by atoms with Crippen molar-refractivity contribution in [2.75, 3.05) is 18.5 Å². The van der Waals surface area contributed by atoms with E-state index in [0.29, 0.717) is 18.9 Å². The van der Waals surface area contributed by atoms with Crippen molar-refractivity contribution in [1.29, 1.82) is 0 Å². The predicted octanol–water partition coefficient (Wildman–Crippen LogP) is 0.430. The average Bonchev–Trinajstić information content (AvgIpc) is 2.73. The van der Waals surface area contributed by atoms with Crippen LogP contribution in [-0.2, 0) is 4.74 Å². The third kappa shape index (κ3) is 2.40. The van der Waals surface area contributed by atoms with Gasteiger partial charge in [-0.05, 0) is 18.0 Å². The summed E-state index contributed by atoms with van der Waals surface area (Å²) in [6.45, 7) is 1.30. The Morgan fingerprint density at radius 1 is 1.69 bits per heavy atom. The normalized spacial score (nSPS) is 19.7. The van der Waals surface area contributed by atoms with E-state index < -0.39 is 5.91 Å². The van der Waals surface area contributed by atoms with Crippen molar-refractivity contribution < 1.29 is 9.53 Å². The van der Waals surface area contributed by atoms with Gasteiger partial charge in [-0.3, -0.25) is 4.79 Å². The molecule has 1 saturated heterocycles. The van der Waals surface area contributed by atoms with Crippen LogP contribution in [0.3, 0.4) is 0 Å². The van der Waals surface area contributed by atoms with Gasteiger partial charge in [0.25, 0.3) is 5.91 Å². The maximum Gasteiger partial charge on any atom is 0.269 e. The average molecular weight is 243 g/mol. The minimum absolute atomic E-state index is 0.00187. The van der Waals surface area contributed by atoms with Gasteiger partial charge < -0.3 is 15.8 Å². The summed E-state index contributed by atoms with van der Waals surface area (Å²) in [4.78, 5) is 18.7. The fourth-order valence-corrected chi connectivity index (χ4v) is 1.66. The second-order valence-electron chi connectivity index (χ2n) is 3.47. The van der Waals surface area contributed by atoms with Gasteiger partial charge in [-0.25, -0.2) is 9.97 Å². The molecule has 16 heavy (non-hydrogen) atoms. The third-order valence-electron chi connectivity index (χ3n) is 2.28. The van der Waals surface area contributed by atoms with Gasteiger partial charge in [-0.2, -0.15) is 0 Å². The number of primary amides is 1. The highest BCUT2D eigenvalue weighted by Gasteiger charge is 2.19. The van der Waals surface area contributed by atoms with Crippen molar-refractivity contribution in [2.24, 2.45) is 5.73 Å². The Labute approximate surface area is 97.2 Å². The Balaban J connectivity index is 2.21. The van der Waals surface area contributed by atoms with Crippen LogP contribution in [0.15, 0.2) is 6.20 Å². The van der Waals surface area contributed by atoms with Gasteiger partial charge in [0.15, 0.2) is 5.69 Å². The van der Waals surface area contributed by atoms with Crippen molar-refractivity contribution in [3.63, 3.8) is 0 Å². The molecule has 0 spiro atoms. The predicted molar refractivity (Wildman–Crippen MR) is 58.4 cm³/mol. The molecule has 1 fully saturated rings. The highest BCUT2D eigenvalue weighted by atomic mass is 35.5. The first-order valence-corrected chi connectivity index (χ1v) is 5.21. The molecule has 0 saturated carbocycles. The van der Waals surface area contributed by atoms with E-state index in [1.165, 1.54) is 6.20 Å². The summed E-state index contributed by atoms with van der Waals surface area (Å²) in [5, 5.41) is 3.11. The number of amides is 1. The molecule has 0 bridgehead atoms.